The van der Waals surface area contributed by atoms with Gasteiger partial charge in [0.05, 0.1) is 20.3 Å². The Kier molecular flexibility index (Phi) is 4.77. The lowest BCUT2D eigenvalue weighted by Crippen LogP contribution is -2.48. The van der Waals surface area contributed by atoms with Crippen LogP contribution >= 0.6 is 15.9 Å². The molecule has 0 unspecified atom stereocenters. The molecule has 6 heteroatoms. The second-order valence-corrected chi connectivity index (χ2v) is 5.45. The van der Waals surface area contributed by atoms with Gasteiger partial charge in [0.15, 0.2) is 6.10 Å². The van der Waals surface area contributed by atoms with Gasteiger partial charge in [0.2, 0.25) is 0 Å². The molecule has 0 saturated carbocycles. The van der Waals surface area contributed by atoms with Gasteiger partial charge in [-0.25, -0.2) is 4.79 Å². The second-order valence-electron chi connectivity index (χ2n) is 4.60. The average molecular weight is 342 g/mol. The van der Waals surface area contributed by atoms with Gasteiger partial charge in [0.1, 0.15) is 0 Å². The van der Waals surface area contributed by atoms with Crippen LogP contribution in [0.4, 0.5) is 0 Å². The van der Waals surface area contributed by atoms with E-state index < -0.39 is 12.1 Å². The van der Waals surface area contributed by atoms with Gasteiger partial charge in [0, 0.05) is 16.6 Å². The lowest BCUT2D eigenvalue weighted by Gasteiger charge is -2.31. The maximum Gasteiger partial charge on any atom is 0.336 e. The van der Waals surface area contributed by atoms with E-state index in [0.29, 0.717) is 18.7 Å². The van der Waals surface area contributed by atoms with Crippen molar-refractivity contribution in [2.24, 2.45) is 0 Å². The highest BCUT2D eigenvalue weighted by molar-refractivity contribution is 9.10. The van der Waals surface area contributed by atoms with E-state index in [-0.39, 0.29) is 12.5 Å². The third-order valence-corrected chi connectivity index (χ3v) is 4.11. The molecular formula is C14H16BrNO4. The van der Waals surface area contributed by atoms with Crippen LogP contribution in [0, 0.1) is 6.92 Å². The molecule has 1 heterocycles. The van der Waals surface area contributed by atoms with E-state index in [0.717, 1.165) is 10.0 Å². The summed E-state index contributed by atoms with van der Waals surface area (Å²) in [6, 6.07) is 5.44. The number of nitrogens with zero attached hydrogens (tertiary/aromatic N) is 1. The van der Waals surface area contributed by atoms with E-state index in [4.69, 9.17) is 4.74 Å². The van der Waals surface area contributed by atoms with E-state index in [1.165, 1.54) is 7.11 Å². The van der Waals surface area contributed by atoms with Crippen molar-refractivity contribution in [3.05, 3.63) is 33.8 Å². The van der Waals surface area contributed by atoms with Gasteiger partial charge in [-0.05, 0) is 30.7 Å². The predicted octanol–water partition coefficient (Wildman–Crippen LogP) is 1.77. The van der Waals surface area contributed by atoms with Gasteiger partial charge in [-0.2, -0.15) is 0 Å². The summed E-state index contributed by atoms with van der Waals surface area (Å²) in [7, 11) is 1.31. The summed E-state index contributed by atoms with van der Waals surface area (Å²) < 4.78 is 10.9. The number of halogens is 1. The van der Waals surface area contributed by atoms with Gasteiger partial charge in [0.25, 0.3) is 5.91 Å². The molecule has 0 bridgehead atoms. The molecule has 20 heavy (non-hydrogen) atoms. The van der Waals surface area contributed by atoms with E-state index in [1.807, 2.05) is 19.1 Å². The Morgan fingerprint density at radius 3 is 2.85 bits per heavy atom. The molecular weight excluding hydrogens is 326 g/mol. The number of esters is 1. The maximum absolute atomic E-state index is 12.4. The molecule has 108 valence electrons. The Hall–Kier alpha value is -1.40. The zero-order chi connectivity index (χ0) is 14.7. The molecule has 1 aromatic rings. The fourth-order valence-corrected chi connectivity index (χ4v) is 2.31. The zero-order valence-electron chi connectivity index (χ0n) is 11.4. The summed E-state index contributed by atoms with van der Waals surface area (Å²) in [4.78, 5) is 25.5. The van der Waals surface area contributed by atoms with Crippen molar-refractivity contribution >= 4 is 27.8 Å². The average Bonchev–Trinajstić information content (AvgIpc) is 2.48. The predicted molar refractivity (Wildman–Crippen MR) is 76.5 cm³/mol. The molecule has 0 aliphatic carbocycles. The summed E-state index contributed by atoms with van der Waals surface area (Å²) in [6.45, 7) is 2.96. The third kappa shape index (κ3) is 3.19. The highest BCUT2D eigenvalue weighted by Gasteiger charge is 2.30. The first-order valence-electron chi connectivity index (χ1n) is 6.27. The first-order valence-corrected chi connectivity index (χ1v) is 7.07. The normalized spacial score (nSPS) is 18.8. The molecule has 1 aromatic carbocycles. The second kappa shape index (κ2) is 6.37. The van der Waals surface area contributed by atoms with Gasteiger partial charge in [-0.15, -0.1) is 0 Å². The number of morpholine rings is 1. The minimum absolute atomic E-state index is 0.0993. The van der Waals surface area contributed by atoms with Gasteiger partial charge in [-0.1, -0.05) is 15.9 Å². The SMILES string of the molecule is COC(=O)[C@H]1CN(C(=O)c2ccc(Br)c(C)c2)CCO1. The number of carbonyl (C=O) groups excluding carboxylic acids is 2. The fourth-order valence-electron chi connectivity index (χ4n) is 2.07. The van der Waals surface area contributed by atoms with Crippen molar-refractivity contribution in [2.75, 3.05) is 26.8 Å². The minimum atomic E-state index is -0.700. The molecule has 0 spiro atoms. The standard InChI is InChI=1S/C14H16BrNO4/c1-9-7-10(3-4-11(9)15)13(17)16-5-6-20-12(8-16)14(18)19-2/h3-4,7,12H,5-6,8H2,1-2H3/t12-/m1/s1. The zero-order valence-corrected chi connectivity index (χ0v) is 13.0. The summed E-state index contributed by atoms with van der Waals surface area (Å²) >= 11 is 3.41. The van der Waals surface area contributed by atoms with Crippen LogP contribution in [0.15, 0.2) is 22.7 Å². The van der Waals surface area contributed by atoms with Crippen molar-refractivity contribution in [3.63, 3.8) is 0 Å². The number of rotatable bonds is 2. The number of hydrogen-bond acceptors (Lipinski definition) is 4. The van der Waals surface area contributed by atoms with Crippen molar-refractivity contribution in [3.8, 4) is 0 Å². The van der Waals surface area contributed by atoms with Crippen molar-refractivity contribution < 1.29 is 19.1 Å². The maximum atomic E-state index is 12.4. The first kappa shape index (κ1) is 15.0. The van der Waals surface area contributed by atoms with Crippen LogP contribution in [0.5, 0.6) is 0 Å². The number of amides is 1. The number of aryl methyl sites for hydroxylation is 1. The van der Waals surface area contributed by atoms with E-state index in [9.17, 15) is 9.59 Å². The quantitative estimate of drug-likeness (QED) is 0.769. The minimum Gasteiger partial charge on any atom is -0.467 e. The number of carbonyl (C=O) groups is 2. The van der Waals surface area contributed by atoms with Crippen molar-refractivity contribution in [2.45, 2.75) is 13.0 Å². The lowest BCUT2D eigenvalue weighted by molar-refractivity contribution is -0.158. The Morgan fingerprint density at radius 2 is 2.20 bits per heavy atom. The number of ether oxygens (including phenoxy) is 2. The third-order valence-electron chi connectivity index (χ3n) is 3.22. The Balaban J connectivity index is 2.12. The summed E-state index contributed by atoms with van der Waals surface area (Å²) in [6.07, 6.45) is -0.700. The fraction of sp³-hybridized carbons (Fsp3) is 0.429. The lowest BCUT2D eigenvalue weighted by atomic mass is 10.1. The van der Waals surface area contributed by atoms with Crippen LogP contribution in [0.1, 0.15) is 15.9 Å². The number of hydrogen-bond donors (Lipinski definition) is 0. The molecule has 0 aromatic heterocycles. The highest BCUT2D eigenvalue weighted by atomic mass is 79.9. The molecule has 0 N–H and O–H groups in total. The molecule has 5 nitrogen and oxygen atoms in total. The van der Waals surface area contributed by atoms with Crippen molar-refractivity contribution in [1.29, 1.82) is 0 Å². The largest absolute Gasteiger partial charge is 0.467 e. The summed E-state index contributed by atoms with van der Waals surface area (Å²) in [5.74, 6) is -0.549. The Labute approximate surface area is 126 Å². The summed E-state index contributed by atoms with van der Waals surface area (Å²) in [5.41, 5.74) is 1.60. The van der Waals surface area contributed by atoms with Crippen LogP contribution in [0.2, 0.25) is 0 Å². The first-order chi connectivity index (χ1) is 9.52. The Bertz CT molecular complexity index is 532. The molecule has 1 fully saturated rings. The van der Waals surface area contributed by atoms with Crippen LogP contribution < -0.4 is 0 Å². The van der Waals surface area contributed by atoms with Gasteiger partial charge < -0.3 is 14.4 Å². The van der Waals surface area contributed by atoms with Crippen molar-refractivity contribution in [1.82, 2.24) is 4.90 Å². The molecule has 1 aliphatic heterocycles. The molecule has 1 aliphatic rings. The van der Waals surface area contributed by atoms with E-state index in [1.54, 1.807) is 11.0 Å². The van der Waals surface area contributed by atoms with Crippen LogP contribution in [0.25, 0.3) is 0 Å². The number of methoxy groups -OCH3 is 1. The highest BCUT2D eigenvalue weighted by Crippen LogP contribution is 2.19. The Morgan fingerprint density at radius 1 is 1.45 bits per heavy atom. The van der Waals surface area contributed by atoms with Crippen LogP contribution in [-0.2, 0) is 14.3 Å². The monoisotopic (exact) mass is 341 g/mol. The summed E-state index contributed by atoms with van der Waals surface area (Å²) in [5, 5.41) is 0. The topological polar surface area (TPSA) is 55.8 Å². The molecule has 1 saturated heterocycles. The molecule has 1 amide bonds. The van der Waals surface area contributed by atoms with Crippen LogP contribution in [-0.4, -0.2) is 49.7 Å². The molecule has 0 radical (unpaired) electrons. The van der Waals surface area contributed by atoms with Gasteiger partial charge >= 0.3 is 5.97 Å². The van der Waals surface area contributed by atoms with E-state index >= 15 is 0 Å². The molecule has 2 rings (SSSR count). The number of benzene rings is 1. The smallest absolute Gasteiger partial charge is 0.336 e. The van der Waals surface area contributed by atoms with Crippen LogP contribution in [0.3, 0.4) is 0 Å². The molecule has 1 atom stereocenters. The van der Waals surface area contributed by atoms with Gasteiger partial charge in [-0.3, -0.25) is 4.79 Å². The van der Waals surface area contributed by atoms with E-state index in [2.05, 4.69) is 20.7 Å².